The van der Waals surface area contributed by atoms with Gasteiger partial charge in [-0.25, -0.2) is 0 Å². The lowest BCUT2D eigenvalue weighted by atomic mass is 9.75. The fraction of sp³-hybridized carbons (Fsp3) is 0.444. The molecule has 8 heteroatoms. The highest BCUT2D eigenvalue weighted by atomic mass is 19.4. The van der Waals surface area contributed by atoms with Crippen molar-refractivity contribution in [2.75, 3.05) is 19.6 Å². The first-order valence-electron chi connectivity index (χ1n) is 12.0. The molecule has 2 heterocycles. The number of likely N-dealkylation sites (N-methyl/N-ethyl adjacent to an activating group) is 1. The summed E-state index contributed by atoms with van der Waals surface area (Å²) in [6, 6.07) is 14.6. The molecule has 0 aromatic heterocycles. The summed E-state index contributed by atoms with van der Waals surface area (Å²) in [5.74, 6) is -1.07. The molecular formula is C27H29F3N2O3. The molecule has 2 saturated heterocycles. The molecule has 2 aliphatic heterocycles. The van der Waals surface area contributed by atoms with Gasteiger partial charge in [0.2, 0.25) is 17.7 Å². The van der Waals surface area contributed by atoms with Crippen LogP contribution in [-0.4, -0.2) is 47.2 Å². The number of amides is 3. The van der Waals surface area contributed by atoms with Crippen LogP contribution in [0.1, 0.15) is 61.6 Å². The van der Waals surface area contributed by atoms with E-state index >= 15 is 0 Å². The third-order valence-electron chi connectivity index (χ3n) is 7.27. The van der Waals surface area contributed by atoms with Crippen LogP contribution in [0.2, 0.25) is 0 Å². The van der Waals surface area contributed by atoms with Crippen molar-refractivity contribution in [3.8, 4) is 0 Å². The zero-order chi connectivity index (χ0) is 25.2. The van der Waals surface area contributed by atoms with E-state index < -0.39 is 29.0 Å². The molecule has 0 unspecified atom stereocenters. The van der Waals surface area contributed by atoms with Crippen molar-refractivity contribution in [2.45, 2.75) is 56.5 Å². The van der Waals surface area contributed by atoms with Crippen LogP contribution in [0.15, 0.2) is 54.6 Å². The van der Waals surface area contributed by atoms with Gasteiger partial charge in [-0.1, -0.05) is 48.5 Å². The van der Waals surface area contributed by atoms with Gasteiger partial charge in [-0.3, -0.25) is 19.3 Å². The molecule has 0 N–H and O–H groups in total. The smallest absolute Gasteiger partial charge is 0.343 e. The summed E-state index contributed by atoms with van der Waals surface area (Å²) in [6.45, 7) is 2.75. The highest BCUT2D eigenvalue weighted by Crippen LogP contribution is 2.42. The van der Waals surface area contributed by atoms with Crippen molar-refractivity contribution in [1.82, 2.24) is 9.80 Å². The van der Waals surface area contributed by atoms with Gasteiger partial charge in [0.05, 0.1) is 11.0 Å². The van der Waals surface area contributed by atoms with Gasteiger partial charge >= 0.3 is 6.18 Å². The molecule has 0 radical (unpaired) electrons. The minimum absolute atomic E-state index is 0.0620. The van der Waals surface area contributed by atoms with Crippen LogP contribution in [0.25, 0.3) is 0 Å². The molecule has 0 bridgehead atoms. The summed E-state index contributed by atoms with van der Waals surface area (Å²) < 4.78 is 40.3. The second-order valence-electron chi connectivity index (χ2n) is 9.38. The largest absolute Gasteiger partial charge is 0.416 e. The van der Waals surface area contributed by atoms with Gasteiger partial charge in [0.15, 0.2) is 0 Å². The lowest BCUT2D eigenvalue weighted by molar-refractivity contribution is -0.143. The number of imide groups is 1. The maximum Gasteiger partial charge on any atom is 0.416 e. The maximum atomic E-state index is 13.5. The van der Waals surface area contributed by atoms with E-state index in [0.29, 0.717) is 19.0 Å². The fourth-order valence-electron chi connectivity index (χ4n) is 5.35. The molecule has 0 saturated carbocycles. The van der Waals surface area contributed by atoms with E-state index in [4.69, 9.17) is 0 Å². The molecular weight excluding hydrogens is 457 g/mol. The Bertz CT molecular complexity index is 1100. The second-order valence-corrected chi connectivity index (χ2v) is 9.38. The van der Waals surface area contributed by atoms with Gasteiger partial charge in [-0.2, -0.15) is 13.2 Å². The summed E-state index contributed by atoms with van der Waals surface area (Å²) in [7, 11) is 0. The third kappa shape index (κ3) is 4.97. The number of likely N-dealkylation sites (tertiary alicyclic amines) is 2. The van der Waals surface area contributed by atoms with E-state index in [-0.39, 0.29) is 30.9 Å². The van der Waals surface area contributed by atoms with Crippen LogP contribution in [0.4, 0.5) is 13.2 Å². The third-order valence-corrected chi connectivity index (χ3v) is 7.27. The Hall–Kier alpha value is -3.16. The SMILES string of the molecule is CCN1C(=O)C[C@@](CC(=O)N2CCC[C@H](c3ccccc3)CC2)(c2cccc(C(F)(F)F)c2)C1=O. The molecule has 3 amide bonds. The monoisotopic (exact) mass is 486 g/mol. The summed E-state index contributed by atoms with van der Waals surface area (Å²) in [4.78, 5) is 42.3. The molecule has 0 spiro atoms. The van der Waals surface area contributed by atoms with Crippen molar-refractivity contribution in [1.29, 1.82) is 0 Å². The molecule has 186 valence electrons. The van der Waals surface area contributed by atoms with E-state index in [2.05, 4.69) is 12.1 Å². The topological polar surface area (TPSA) is 57.7 Å². The van der Waals surface area contributed by atoms with Gasteiger partial charge in [-0.05, 0) is 49.3 Å². The summed E-state index contributed by atoms with van der Waals surface area (Å²) >= 11 is 0. The van der Waals surface area contributed by atoms with Crippen LogP contribution in [0.3, 0.4) is 0 Å². The number of rotatable bonds is 5. The first-order valence-corrected chi connectivity index (χ1v) is 12.0. The van der Waals surface area contributed by atoms with Crippen LogP contribution in [0, 0.1) is 0 Å². The molecule has 35 heavy (non-hydrogen) atoms. The van der Waals surface area contributed by atoms with E-state index in [0.717, 1.165) is 36.3 Å². The first kappa shape index (κ1) is 24.9. The normalized spacial score (nSPS) is 23.5. The Labute approximate surface area is 202 Å². The predicted molar refractivity (Wildman–Crippen MR) is 124 cm³/mol. The average Bonchev–Trinajstić information content (AvgIpc) is 2.99. The Kier molecular flexibility index (Phi) is 7.01. The molecule has 2 aromatic carbocycles. The Balaban J connectivity index is 1.60. The Morgan fingerprint density at radius 2 is 1.77 bits per heavy atom. The van der Waals surface area contributed by atoms with Gasteiger partial charge in [0.25, 0.3) is 0 Å². The molecule has 4 rings (SSSR count). The number of alkyl halides is 3. The van der Waals surface area contributed by atoms with Crippen molar-refractivity contribution in [3.05, 3.63) is 71.3 Å². The van der Waals surface area contributed by atoms with E-state index in [1.54, 1.807) is 11.8 Å². The Morgan fingerprint density at radius 1 is 1.03 bits per heavy atom. The number of benzene rings is 2. The number of carbonyl (C=O) groups is 3. The molecule has 2 fully saturated rings. The van der Waals surface area contributed by atoms with E-state index in [1.807, 2.05) is 18.2 Å². The second kappa shape index (κ2) is 9.84. The molecule has 5 nitrogen and oxygen atoms in total. The number of hydrogen-bond donors (Lipinski definition) is 0. The number of nitrogens with zero attached hydrogens (tertiary/aromatic N) is 2. The van der Waals surface area contributed by atoms with Crippen molar-refractivity contribution in [3.63, 3.8) is 0 Å². The molecule has 2 aromatic rings. The first-order chi connectivity index (χ1) is 16.7. The quantitative estimate of drug-likeness (QED) is 0.565. The number of hydrogen-bond acceptors (Lipinski definition) is 3. The molecule has 2 aliphatic rings. The minimum atomic E-state index is -4.60. The van der Waals surface area contributed by atoms with Crippen molar-refractivity contribution in [2.24, 2.45) is 0 Å². The summed E-state index contributed by atoms with van der Waals surface area (Å²) in [6.07, 6.45) is -2.77. The minimum Gasteiger partial charge on any atom is -0.343 e. The zero-order valence-corrected chi connectivity index (χ0v) is 19.7. The summed E-state index contributed by atoms with van der Waals surface area (Å²) in [5, 5.41) is 0. The van der Waals surface area contributed by atoms with Gasteiger partial charge in [0.1, 0.15) is 0 Å². The maximum absolute atomic E-state index is 13.5. The predicted octanol–water partition coefficient (Wildman–Crippen LogP) is 4.91. The van der Waals surface area contributed by atoms with Crippen LogP contribution >= 0.6 is 0 Å². The highest BCUT2D eigenvalue weighted by molar-refractivity contribution is 6.10. The van der Waals surface area contributed by atoms with Gasteiger partial charge in [-0.15, -0.1) is 0 Å². The van der Waals surface area contributed by atoms with E-state index in [9.17, 15) is 27.6 Å². The number of carbonyl (C=O) groups excluding carboxylic acids is 3. The van der Waals surface area contributed by atoms with Gasteiger partial charge < -0.3 is 4.90 Å². The highest BCUT2D eigenvalue weighted by Gasteiger charge is 2.54. The van der Waals surface area contributed by atoms with Crippen LogP contribution < -0.4 is 0 Å². The number of halogens is 3. The van der Waals surface area contributed by atoms with Crippen molar-refractivity contribution >= 4 is 17.7 Å². The lowest BCUT2D eigenvalue weighted by Crippen LogP contribution is -2.43. The summed E-state index contributed by atoms with van der Waals surface area (Å²) in [5.41, 5.74) is -1.25. The Morgan fingerprint density at radius 3 is 2.43 bits per heavy atom. The standard InChI is InChI=1S/C27H29F3N2O3/c1-2-32-24(34)18-26(25(32)35,21-11-6-12-22(16-21)27(28,29)30)17-23(33)31-14-7-10-20(13-15-31)19-8-4-3-5-9-19/h3-6,8-9,11-12,16,20H,2,7,10,13-15,17-18H2,1H3/t20-,26-/m0/s1. The van der Waals surface area contributed by atoms with E-state index in [1.165, 1.54) is 17.7 Å². The van der Waals surface area contributed by atoms with Gasteiger partial charge in [0, 0.05) is 32.5 Å². The average molecular weight is 487 g/mol. The van der Waals surface area contributed by atoms with Crippen LogP contribution in [0.5, 0.6) is 0 Å². The van der Waals surface area contributed by atoms with Crippen LogP contribution in [-0.2, 0) is 26.0 Å². The van der Waals surface area contributed by atoms with Crippen molar-refractivity contribution < 1.29 is 27.6 Å². The fourth-order valence-corrected chi connectivity index (χ4v) is 5.35. The zero-order valence-electron chi connectivity index (χ0n) is 19.7. The lowest BCUT2D eigenvalue weighted by Gasteiger charge is -2.30. The molecule has 0 aliphatic carbocycles. The molecule has 2 atom stereocenters.